The fraction of sp³-hybridized carbons (Fsp3) is 0.294. The highest BCUT2D eigenvalue weighted by Crippen LogP contribution is 2.24. The molecular weight excluding hydrogens is 334 g/mol. The molecule has 0 radical (unpaired) electrons. The third kappa shape index (κ3) is 4.34. The van der Waals surface area contributed by atoms with Crippen LogP contribution in [0.5, 0.6) is 0 Å². The van der Waals surface area contributed by atoms with E-state index in [1.165, 1.54) is 11.1 Å². The Balaban J connectivity index is 2.07. The first-order valence-corrected chi connectivity index (χ1v) is 7.95. The number of hydrogen-bond donors (Lipinski definition) is 1. The van der Waals surface area contributed by atoms with Gasteiger partial charge in [-0.25, -0.2) is 0 Å². The lowest BCUT2D eigenvalue weighted by atomic mass is 9.92. The molecule has 106 valence electrons. The molecule has 2 rings (SSSR count). The van der Waals surface area contributed by atoms with Crippen molar-refractivity contribution < 1.29 is 0 Å². The summed E-state index contributed by atoms with van der Waals surface area (Å²) in [5, 5.41) is 0.807. The molecule has 0 aliphatic carbocycles. The average Bonchev–Trinajstić information content (AvgIpc) is 2.43. The van der Waals surface area contributed by atoms with Gasteiger partial charge in [-0.05, 0) is 55.5 Å². The Labute approximate surface area is 134 Å². The van der Waals surface area contributed by atoms with Crippen LogP contribution in [0.2, 0.25) is 5.02 Å². The topological polar surface area (TPSA) is 26.0 Å². The van der Waals surface area contributed by atoms with Crippen LogP contribution in [0.25, 0.3) is 0 Å². The average molecular weight is 353 g/mol. The van der Waals surface area contributed by atoms with Gasteiger partial charge < -0.3 is 5.73 Å². The molecule has 0 aromatic heterocycles. The summed E-state index contributed by atoms with van der Waals surface area (Å²) < 4.78 is 1.01. The van der Waals surface area contributed by atoms with Gasteiger partial charge in [0, 0.05) is 9.50 Å². The van der Waals surface area contributed by atoms with Crippen molar-refractivity contribution in [1.82, 2.24) is 0 Å². The van der Waals surface area contributed by atoms with Crippen LogP contribution in [0.15, 0.2) is 46.9 Å². The summed E-state index contributed by atoms with van der Waals surface area (Å²) >= 11 is 9.71. The van der Waals surface area contributed by atoms with Crippen molar-refractivity contribution in [3.63, 3.8) is 0 Å². The Hall–Kier alpha value is -0.830. The zero-order chi connectivity index (χ0) is 14.5. The molecule has 1 atom stereocenters. The van der Waals surface area contributed by atoms with Crippen molar-refractivity contribution in [3.05, 3.63) is 68.7 Å². The van der Waals surface area contributed by atoms with Crippen molar-refractivity contribution >= 4 is 27.5 Å². The highest BCUT2D eigenvalue weighted by Gasteiger charge is 2.11. The molecule has 0 fully saturated rings. The van der Waals surface area contributed by atoms with Crippen LogP contribution >= 0.6 is 27.5 Å². The Morgan fingerprint density at radius 3 is 2.40 bits per heavy atom. The molecule has 20 heavy (non-hydrogen) atoms. The van der Waals surface area contributed by atoms with Crippen LogP contribution in [0, 0.1) is 12.8 Å². The number of rotatable bonds is 5. The monoisotopic (exact) mass is 351 g/mol. The van der Waals surface area contributed by atoms with Crippen molar-refractivity contribution in [2.75, 3.05) is 6.54 Å². The van der Waals surface area contributed by atoms with Gasteiger partial charge in [0.2, 0.25) is 0 Å². The van der Waals surface area contributed by atoms with Crippen LogP contribution in [0.4, 0.5) is 0 Å². The SMILES string of the molecule is Cc1ccc(CC(CN)Cc2ccc(Br)cc2Cl)cc1. The predicted octanol–water partition coefficient (Wildman–Crippen LogP) is 4.77. The molecule has 0 bridgehead atoms. The number of aryl methyl sites for hydroxylation is 1. The fourth-order valence-corrected chi connectivity index (χ4v) is 3.05. The van der Waals surface area contributed by atoms with Crippen LogP contribution in [0.3, 0.4) is 0 Å². The minimum atomic E-state index is 0.413. The van der Waals surface area contributed by atoms with E-state index in [9.17, 15) is 0 Å². The van der Waals surface area contributed by atoms with Crippen molar-refractivity contribution in [1.29, 1.82) is 0 Å². The van der Waals surface area contributed by atoms with Gasteiger partial charge in [-0.1, -0.05) is 63.4 Å². The molecule has 2 N–H and O–H groups in total. The molecule has 0 saturated heterocycles. The molecule has 0 heterocycles. The molecule has 1 nitrogen and oxygen atoms in total. The Kier molecular flexibility index (Phi) is 5.64. The fourth-order valence-electron chi connectivity index (χ4n) is 2.29. The van der Waals surface area contributed by atoms with E-state index in [0.29, 0.717) is 12.5 Å². The highest BCUT2D eigenvalue weighted by atomic mass is 79.9. The third-order valence-electron chi connectivity index (χ3n) is 3.50. The van der Waals surface area contributed by atoms with E-state index in [4.69, 9.17) is 17.3 Å². The summed E-state index contributed by atoms with van der Waals surface area (Å²) in [4.78, 5) is 0. The molecule has 2 aromatic rings. The molecule has 0 saturated carbocycles. The Bertz CT molecular complexity index is 566. The number of benzene rings is 2. The summed E-state index contributed by atoms with van der Waals surface area (Å²) in [5.41, 5.74) is 9.71. The van der Waals surface area contributed by atoms with E-state index >= 15 is 0 Å². The third-order valence-corrected chi connectivity index (χ3v) is 4.35. The number of hydrogen-bond acceptors (Lipinski definition) is 1. The summed E-state index contributed by atoms with van der Waals surface area (Å²) in [6, 6.07) is 14.7. The quantitative estimate of drug-likeness (QED) is 0.824. The molecule has 0 aliphatic rings. The van der Waals surface area contributed by atoms with Crippen LogP contribution in [0.1, 0.15) is 16.7 Å². The van der Waals surface area contributed by atoms with Crippen LogP contribution in [-0.2, 0) is 12.8 Å². The zero-order valence-electron chi connectivity index (χ0n) is 11.6. The lowest BCUT2D eigenvalue weighted by molar-refractivity contribution is 0.533. The van der Waals surface area contributed by atoms with Gasteiger partial charge >= 0.3 is 0 Å². The first-order chi connectivity index (χ1) is 9.58. The van der Waals surface area contributed by atoms with Gasteiger partial charge in [-0.15, -0.1) is 0 Å². The molecule has 3 heteroatoms. The van der Waals surface area contributed by atoms with E-state index in [-0.39, 0.29) is 0 Å². The molecule has 0 aliphatic heterocycles. The van der Waals surface area contributed by atoms with E-state index in [1.54, 1.807) is 0 Å². The van der Waals surface area contributed by atoms with Crippen molar-refractivity contribution in [2.24, 2.45) is 11.7 Å². The number of nitrogens with two attached hydrogens (primary N) is 1. The smallest absolute Gasteiger partial charge is 0.0449 e. The van der Waals surface area contributed by atoms with Crippen LogP contribution < -0.4 is 5.73 Å². The van der Waals surface area contributed by atoms with E-state index in [2.05, 4.69) is 53.2 Å². The second-order valence-electron chi connectivity index (χ2n) is 5.23. The maximum absolute atomic E-state index is 6.28. The molecule has 1 unspecified atom stereocenters. The number of halogens is 2. The van der Waals surface area contributed by atoms with Crippen molar-refractivity contribution in [2.45, 2.75) is 19.8 Å². The van der Waals surface area contributed by atoms with Crippen LogP contribution in [-0.4, -0.2) is 6.54 Å². The first-order valence-electron chi connectivity index (χ1n) is 6.78. The van der Waals surface area contributed by atoms with Crippen molar-refractivity contribution in [3.8, 4) is 0 Å². The largest absolute Gasteiger partial charge is 0.330 e. The second-order valence-corrected chi connectivity index (χ2v) is 6.55. The predicted molar refractivity (Wildman–Crippen MR) is 90.3 cm³/mol. The van der Waals surface area contributed by atoms with Gasteiger partial charge in [0.25, 0.3) is 0 Å². The van der Waals surface area contributed by atoms with E-state index in [0.717, 1.165) is 27.9 Å². The lowest BCUT2D eigenvalue weighted by Gasteiger charge is -2.16. The normalized spacial score (nSPS) is 12.4. The Morgan fingerprint density at radius 1 is 1.10 bits per heavy atom. The molecule has 0 spiro atoms. The van der Waals surface area contributed by atoms with E-state index in [1.807, 2.05) is 12.1 Å². The maximum atomic E-state index is 6.28. The highest BCUT2D eigenvalue weighted by molar-refractivity contribution is 9.10. The van der Waals surface area contributed by atoms with Gasteiger partial charge in [0.05, 0.1) is 0 Å². The zero-order valence-corrected chi connectivity index (χ0v) is 13.9. The first kappa shape index (κ1) is 15.6. The standard InChI is InChI=1S/C17H19BrClN/c1-12-2-4-13(5-3-12)8-14(11-20)9-15-6-7-16(18)10-17(15)19/h2-7,10,14H,8-9,11,20H2,1H3. The van der Waals surface area contributed by atoms with Gasteiger partial charge in [-0.3, -0.25) is 0 Å². The van der Waals surface area contributed by atoms with Gasteiger partial charge in [0.1, 0.15) is 0 Å². The van der Waals surface area contributed by atoms with Gasteiger partial charge in [0.15, 0.2) is 0 Å². The lowest BCUT2D eigenvalue weighted by Crippen LogP contribution is -2.19. The summed E-state index contributed by atoms with van der Waals surface area (Å²) in [6.07, 6.45) is 1.90. The Morgan fingerprint density at radius 2 is 1.80 bits per heavy atom. The summed E-state index contributed by atoms with van der Waals surface area (Å²) in [6.45, 7) is 2.77. The molecular formula is C17H19BrClN. The minimum absolute atomic E-state index is 0.413. The molecule has 2 aromatic carbocycles. The minimum Gasteiger partial charge on any atom is -0.330 e. The maximum Gasteiger partial charge on any atom is 0.0449 e. The molecule has 0 amide bonds. The van der Waals surface area contributed by atoms with E-state index < -0.39 is 0 Å². The van der Waals surface area contributed by atoms with Gasteiger partial charge in [-0.2, -0.15) is 0 Å². The summed E-state index contributed by atoms with van der Waals surface area (Å²) in [5.74, 6) is 0.413. The summed E-state index contributed by atoms with van der Waals surface area (Å²) in [7, 11) is 0. The second kappa shape index (κ2) is 7.26.